The highest BCUT2D eigenvalue weighted by atomic mass is 19.1. The normalized spacial score (nSPS) is 11.1. The molecule has 0 spiro atoms. The summed E-state index contributed by atoms with van der Waals surface area (Å²) in [5.41, 5.74) is 3.74. The molecule has 0 atom stereocenters. The molecule has 23 heavy (non-hydrogen) atoms. The second-order valence-corrected chi connectivity index (χ2v) is 4.79. The van der Waals surface area contributed by atoms with E-state index in [9.17, 15) is 19.4 Å². The van der Waals surface area contributed by atoms with E-state index in [1.807, 2.05) is 0 Å². The first kappa shape index (κ1) is 16.3. The maximum atomic E-state index is 12.8. The van der Waals surface area contributed by atoms with Gasteiger partial charge in [-0.3, -0.25) is 4.79 Å². The average Bonchev–Trinajstić information content (AvgIpc) is 2.52. The van der Waals surface area contributed by atoms with E-state index in [4.69, 9.17) is 0 Å². The Hall–Kier alpha value is -3.09. The van der Waals surface area contributed by atoms with E-state index in [0.717, 1.165) is 0 Å². The molecule has 0 aliphatic rings. The van der Waals surface area contributed by atoms with Gasteiger partial charge in [-0.15, -0.1) is 0 Å². The van der Waals surface area contributed by atoms with Crippen LogP contribution in [-0.4, -0.2) is 28.4 Å². The van der Waals surface area contributed by atoms with Crippen LogP contribution in [0.2, 0.25) is 0 Å². The summed E-state index contributed by atoms with van der Waals surface area (Å²) < 4.78 is 12.8. The van der Waals surface area contributed by atoms with Crippen LogP contribution in [0.5, 0.6) is 11.5 Å². The van der Waals surface area contributed by atoms with Gasteiger partial charge in [0.1, 0.15) is 17.3 Å². The molecule has 0 saturated heterocycles. The summed E-state index contributed by atoms with van der Waals surface area (Å²) in [4.78, 5) is 11.7. The largest absolute Gasteiger partial charge is 0.508 e. The molecule has 0 saturated carbocycles. The molecule has 1 amide bonds. The number of carbonyl (C=O) groups is 1. The van der Waals surface area contributed by atoms with Crippen LogP contribution in [0.25, 0.3) is 0 Å². The summed E-state index contributed by atoms with van der Waals surface area (Å²) in [6, 6.07) is 9.70. The van der Waals surface area contributed by atoms with Gasteiger partial charge in [-0.25, -0.2) is 9.82 Å². The monoisotopic (exact) mass is 317 g/mol. The molecule has 6 nitrogen and oxygen atoms in total. The summed E-state index contributed by atoms with van der Waals surface area (Å²) in [5.74, 6) is -0.947. The maximum absolute atomic E-state index is 12.8. The topological polar surface area (TPSA) is 94.0 Å². The number of hydrogen-bond acceptors (Lipinski definition) is 5. The number of hydrazone groups is 1. The van der Waals surface area contributed by atoms with Crippen molar-refractivity contribution in [1.82, 2.24) is 5.43 Å². The van der Waals surface area contributed by atoms with Crippen LogP contribution < -0.4 is 10.7 Å². The number of anilines is 1. The number of amides is 1. The average molecular weight is 317 g/mol. The number of hydrogen-bond donors (Lipinski definition) is 4. The third-order valence-corrected chi connectivity index (χ3v) is 3.02. The lowest BCUT2D eigenvalue weighted by molar-refractivity contribution is -0.119. The van der Waals surface area contributed by atoms with Gasteiger partial charge in [0.15, 0.2) is 0 Å². The molecule has 0 unspecified atom stereocenters. The minimum atomic E-state index is -0.396. The number of halogens is 1. The molecule has 2 aromatic carbocycles. The van der Waals surface area contributed by atoms with Crippen molar-refractivity contribution in [3.05, 3.63) is 53.8 Å². The standard InChI is InChI=1S/C16H16FN3O3/c1-10(14-7-6-13(21)8-15(14)22)19-20-16(23)9-18-12-4-2-11(17)3-5-12/h2-8,18,21-22H,9H2,1H3,(H,20,23). The Labute approximate surface area is 132 Å². The van der Waals surface area contributed by atoms with E-state index >= 15 is 0 Å². The first-order valence-electron chi connectivity index (χ1n) is 6.80. The molecule has 0 aliphatic heterocycles. The second-order valence-electron chi connectivity index (χ2n) is 4.79. The van der Waals surface area contributed by atoms with Crippen LogP contribution in [0.15, 0.2) is 47.6 Å². The number of nitrogens with one attached hydrogen (secondary N) is 2. The highest BCUT2D eigenvalue weighted by Crippen LogP contribution is 2.22. The molecule has 0 radical (unpaired) electrons. The first-order chi connectivity index (χ1) is 11.0. The van der Waals surface area contributed by atoms with E-state index < -0.39 is 5.91 Å². The Bertz CT molecular complexity index is 730. The van der Waals surface area contributed by atoms with Crippen LogP contribution in [-0.2, 0) is 4.79 Å². The third-order valence-electron chi connectivity index (χ3n) is 3.02. The minimum Gasteiger partial charge on any atom is -0.508 e. The van der Waals surface area contributed by atoms with Gasteiger partial charge in [-0.2, -0.15) is 5.10 Å². The molecule has 7 heteroatoms. The lowest BCUT2D eigenvalue weighted by Crippen LogP contribution is -2.26. The van der Waals surface area contributed by atoms with E-state index in [2.05, 4.69) is 15.8 Å². The van der Waals surface area contributed by atoms with Gasteiger partial charge >= 0.3 is 0 Å². The summed E-state index contributed by atoms with van der Waals surface area (Å²) >= 11 is 0. The molecule has 2 rings (SSSR count). The number of nitrogens with zero attached hydrogens (tertiary/aromatic N) is 1. The van der Waals surface area contributed by atoms with Crippen molar-refractivity contribution >= 4 is 17.3 Å². The van der Waals surface area contributed by atoms with Crippen LogP contribution in [0.4, 0.5) is 10.1 Å². The highest BCUT2D eigenvalue weighted by molar-refractivity contribution is 6.01. The number of carbonyl (C=O) groups excluding carboxylic acids is 1. The van der Waals surface area contributed by atoms with Crippen LogP contribution in [0, 0.1) is 5.82 Å². The molecule has 4 N–H and O–H groups in total. The summed E-state index contributed by atoms with van der Waals surface area (Å²) in [6.07, 6.45) is 0. The maximum Gasteiger partial charge on any atom is 0.259 e. The molecule has 0 fully saturated rings. The van der Waals surface area contributed by atoms with Gasteiger partial charge in [-0.05, 0) is 43.3 Å². The Balaban J connectivity index is 1.90. The molecular formula is C16H16FN3O3. The van der Waals surface area contributed by atoms with Crippen molar-refractivity contribution in [3.63, 3.8) is 0 Å². The molecule has 120 valence electrons. The SMILES string of the molecule is CC(=NNC(=O)CNc1ccc(F)cc1)c1ccc(O)cc1O. The third kappa shape index (κ3) is 4.70. The van der Waals surface area contributed by atoms with E-state index in [-0.39, 0.29) is 23.9 Å². The van der Waals surface area contributed by atoms with E-state index in [1.165, 1.54) is 42.5 Å². The summed E-state index contributed by atoms with van der Waals surface area (Å²) in [5, 5.41) is 25.6. The summed E-state index contributed by atoms with van der Waals surface area (Å²) in [7, 11) is 0. The molecule has 0 aliphatic carbocycles. The predicted molar refractivity (Wildman–Crippen MR) is 85.0 cm³/mol. The minimum absolute atomic E-state index is 0.0377. The Morgan fingerprint density at radius 1 is 1.17 bits per heavy atom. The molecule has 0 aromatic heterocycles. The highest BCUT2D eigenvalue weighted by Gasteiger charge is 2.06. The lowest BCUT2D eigenvalue weighted by atomic mass is 10.1. The van der Waals surface area contributed by atoms with Gasteiger partial charge in [0.05, 0.1) is 12.3 Å². The van der Waals surface area contributed by atoms with Crippen LogP contribution in [0.3, 0.4) is 0 Å². The lowest BCUT2D eigenvalue weighted by Gasteiger charge is -2.07. The predicted octanol–water partition coefficient (Wildman–Crippen LogP) is 2.19. The Morgan fingerprint density at radius 2 is 1.87 bits per heavy atom. The van der Waals surface area contributed by atoms with Crippen LogP contribution in [0.1, 0.15) is 12.5 Å². The number of phenols is 2. The molecule has 0 heterocycles. The van der Waals surface area contributed by atoms with Gasteiger partial charge < -0.3 is 15.5 Å². The zero-order valence-corrected chi connectivity index (χ0v) is 12.4. The van der Waals surface area contributed by atoms with Gasteiger partial charge in [0.2, 0.25) is 0 Å². The molecular weight excluding hydrogens is 301 g/mol. The number of aromatic hydroxyl groups is 2. The summed E-state index contributed by atoms with van der Waals surface area (Å²) in [6.45, 7) is 1.57. The fourth-order valence-corrected chi connectivity index (χ4v) is 1.82. The molecule has 2 aromatic rings. The quantitative estimate of drug-likeness (QED) is 0.502. The fraction of sp³-hybridized carbons (Fsp3) is 0.125. The van der Waals surface area contributed by atoms with E-state index in [0.29, 0.717) is 17.0 Å². The smallest absolute Gasteiger partial charge is 0.259 e. The first-order valence-corrected chi connectivity index (χ1v) is 6.80. The van der Waals surface area contributed by atoms with Crippen molar-refractivity contribution in [2.24, 2.45) is 5.10 Å². The number of phenolic OH excluding ortho intramolecular Hbond substituents is 2. The Morgan fingerprint density at radius 3 is 2.52 bits per heavy atom. The number of benzene rings is 2. The van der Waals surface area contributed by atoms with Gasteiger partial charge in [0, 0.05) is 17.3 Å². The van der Waals surface area contributed by atoms with Gasteiger partial charge in [0.25, 0.3) is 5.91 Å². The second kappa shape index (κ2) is 7.26. The zero-order chi connectivity index (χ0) is 16.8. The fourth-order valence-electron chi connectivity index (χ4n) is 1.82. The van der Waals surface area contributed by atoms with Crippen molar-refractivity contribution in [1.29, 1.82) is 0 Å². The van der Waals surface area contributed by atoms with Gasteiger partial charge in [-0.1, -0.05) is 0 Å². The van der Waals surface area contributed by atoms with Crippen LogP contribution >= 0.6 is 0 Å². The van der Waals surface area contributed by atoms with Crippen molar-refractivity contribution in [3.8, 4) is 11.5 Å². The number of rotatable bonds is 5. The van der Waals surface area contributed by atoms with Crippen molar-refractivity contribution < 1.29 is 19.4 Å². The zero-order valence-electron chi connectivity index (χ0n) is 12.4. The van der Waals surface area contributed by atoms with Crippen molar-refractivity contribution in [2.75, 3.05) is 11.9 Å². The Kier molecular flexibility index (Phi) is 5.14. The van der Waals surface area contributed by atoms with Crippen molar-refractivity contribution in [2.45, 2.75) is 6.92 Å². The molecule has 0 bridgehead atoms. The van der Waals surface area contributed by atoms with E-state index in [1.54, 1.807) is 6.92 Å².